The number of aliphatic hydroxyl groups excluding tert-OH is 2. The van der Waals surface area contributed by atoms with Crippen LogP contribution in [0.15, 0.2) is 0 Å². The van der Waals surface area contributed by atoms with Crippen molar-refractivity contribution in [3.63, 3.8) is 0 Å². The van der Waals surface area contributed by atoms with Gasteiger partial charge >= 0.3 is 24.2 Å². The van der Waals surface area contributed by atoms with E-state index in [4.69, 9.17) is 10.2 Å². The molecule has 12 heteroatoms. The highest BCUT2D eigenvalue weighted by molar-refractivity contribution is 4.75. The van der Waals surface area contributed by atoms with Gasteiger partial charge < -0.3 is 10.2 Å². The molecule has 0 saturated heterocycles. The minimum atomic E-state index is -5.50. The van der Waals surface area contributed by atoms with Crippen LogP contribution in [0.5, 0.6) is 0 Å². The monoisotopic (exact) mass is 356 g/mol. The molecule has 0 unspecified atom stereocenters. The first-order valence-electron chi connectivity index (χ1n) is 5.73. The maximum absolute atomic E-state index is 11.9. The van der Waals surface area contributed by atoms with Gasteiger partial charge in [-0.25, -0.2) is 0 Å². The van der Waals surface area contributed by atoms with Crippen LogP contribution >= 0.6 is 0 Å². The van der Waals surface area contributed by atoms with E-state index in [1.165, 1.54) is 0 Å². The molecule has 0 saturated carbocycles. The van der Waals surface area contributed by atoms with Gasteiger partial charge in [-0.3, -0.25) is 0 Å². The van der Waals surface area contributed by atoms with Gasteiger partial charge in [0.15, 0.2) is 0 Å². The standard InChI is InChI=1S/2C5H7F5O/c2*6-4(7,2-1-3-11)5(8,9)10/h2*11H,1-3H2. The Morgan fingerprint density at radius 1 is 0.500 bits per heavy atom. The Morgan fingerprint density at radius 3 is 0.864 bits per heavy atom. The van der Waals surface area contributed by atoms with E-state index in [1.807, 2.05) is 0 Å². The Morgan fingerprint density at radius 2 is 0.727 bits per heavy atom. The maximum atomic E-state index is 11.9. The number of hydrogen-bond acceptors (Lipinski definition) is 2. The van der Waals surface area contributed by atoms with Crippen molar-refractivity contribution in [2.75, 3.05) is 13.2 Å². The maximum Gasteiger partial charge on any atom is 0.453 e. The molecule has 0 aromatic rings. The van der Waals surface area contributed by atoms with E-state index < -0.39 is 63.1 Å². The first kappa shape index (κ1) is 23.5. The summed E-state index contributed by atoms with van der Waals surface area (Å²) in [6.45, 7) is -1.32. The van der Waals surface area contributed by atoms with Gasteiger partial charge in [-0.15, -0.1) is 0 Å². The first-order chi connectivity index (χ1) is 9.62. The van der Waals surface area contributed by atoms with Gasteiger partial charge in [0, 0.05) is 26.1 Å². The smallest absolute Gasteiger partial charge is 0.396 e. The van der Waals surface area contributed by atoms with Crippen LogP contribution in [0.2, 0.25) is 0 Å². The Balaban J connectivity index is 0. The molecule has 0 atom stereocenters. The van der Waals surface area contributed by atoms with Crippen molar-refractivity contribution in [2.45, 2.75) is 49.9 Å². The lowest BCUT2D eigenvalue weighted by Crippen LogP contribution is -2.36. The van der Waals surface area contributed by atoms with E-state index in [2.05, 4.69) is 0 Å². The lowest BCUT2D eigenvalue weighted by molar-refractivity contribution is -0.285. The summed E-state index contributed by atoms with van der Waals surface area (Å²) in [6.07, 6.45) is -14.8. The second kappa shape index (κ2) is 8.75. The SMILES string of the molecule is OCCCC(F)(F)C(F)(F)F.OCCCC(F)(F)C(F)(F)F. The molecule has 0 rings (SSSR count). The molecule has 0 aromatic carbocycles. The lowest BCUT2D eigenvalue weighted by Gasteiger charge is -2.18. The van der Waals surface area contributed by atoms with Crippen molar-refractivity contribution in [1.82, 2.24) is 0 Å². The third-order valence-corrected chi connectivity index (χ3v) is 2.13. The fourth-order valence-electron chi connectivity index (χ4n) is 0.886. The molecule has 0 bridgehead atoms. The predicted molar refractivity (Wildman–Crippen MR) is 54.6 cm³/mol. The fraction of sp³-hybridized carbons (Fsp3) is 1.00. The van der Waals surface area contributed by atoms with Crippen LogP contribution < -0.4 is 0 Å². The summed E-state index contributed by atoms with van der Waals surface area (Å²) in [6, 6.07) is 0. The van der Waals surface area contributed by atoms with Crippen molar-refractivity contribution in [1.29, 1.82) is 0 Å². The topological polar surface area (TPSA) is 40.5 Å². The van der Waals surface area contributed by atoms with E-state index in [1.54, 1.807) is 0 Å². The number of aliphatic hydroxyl groups is 2. The molecule has 0 spiro atoms. The summed E-state index contributed by atoms with van der Waals surface area (Å²) in [5.41, 5.74) is 0. The van der Waals surface area contributed by atoms with Gasteiger partial charge in [0.1, 0.15) is 0 Å². The number of halogens is 10. The Kier molecular flexibility index (Phi) is 9.34. The van der Waals surface area contributed by atoms with Gasteiger partial charge in [0.05, 0.1) is 0 Å². The van der Waals surface area contributed by atoms with Crippen LogP contribution in [0.25, 0.3) is 0 Å². The zero-order valence-electron chi connectivity index (χ0n) is 10.9. The zero-order chi connectivity index (χ0) is 18.2. The highest BCUT2D eigenvalue weighted by Gasteiger charge is 2.57. The molecule has 0 aliphatic rings. The summed E-state index contributed by atoms with van der Waals surface area (Å²) >= 11 is 0. The van der Waals surface area contributed by atoms with Crippen LogP contribution in [0, 0.1) is 0 Å². The third-order valence-electron chi connectivity index (χ3n) is 2.13. The molecule has 2 nitrogen and oxygen atoms in total. The normalized spacial score (nSPS) is 13.6. The van der Waals surface area contributed by atoms with Crippen molar-refractivity contribution in [2.24, 2.45) is 0 Å². The fourth-order valence-corrected chi connectivity index (χ4v) is 0.886. The van der Waals surface area contributed by atoms with Gasteiger partial charge in [0.2, 0.25) is 0 Å². The van der Waals surface area contributed by atoms with Crippen LogP contribution in [0.1, 0.15) is 25.7 Å². The van der Waals surface area contributed by atoms with Crippen LogP contribution in [-0.4, -0.2) is 47.6 Å². The second-order valence-corrected chi connectivity index (χ2v) is 4.06. The van der Waals surface area contributed by atoms with Crippen LogP contribution in [-0.2, 0) is 0 Å². The number of hydrogen-bond donors (Lipinski definition) is 2. The minimum absolute atomic E-state index is 0.549. The molecule has 0 aromatic heterocycles. The molecule has 2 N–H and O–H groups in total. The van der Waals surface area contributed by atoms with E-state index >= 15 is 0 Å². The summed E-state index contributed by atoms with van der Waals surface area (Å²) in [4.78, 5) is 0. The van der Waals surface area contributed by atoms with Gasteiger partial charge in [-0.2, -0.15) is 43.9 Å². The highest BCUT2D eigenvalue weighted by Crippen LogP contribution is 2.39. The highest BCUT2D eigenvalue weighted by atomic mass is 19.4. The van der Waals surface area contributed by atoms with E-state index in [9.17, 15) is 43.9 Å². The summed E-state index contributed by atoms with van der Waals surface area (Å²) in [5, 5.41) is 16.0. The van der Waals surface area contributed by atoms with Crippen molar-refractivity contribution in [3.05, 3.63) is 0 Å². The van der Waals surface area contributed by atoms with Crippen molar-refractivity contribution < 1.29 is 54.1 Å². The Labute approximate surface area is 118 Å². The van der Waals surface area contributed by atoms with Gasteiger partial charge in [-0.1, -0.05) is 0 Å². The van der Waals surface area contributed by atoms with E-state index in [0.717, 1.165) is 0 Å². The summed E-state index contributed by atoms with van der Waals surface area (Å²) < 4.78 is 115. The molecule has 0 heterocycles. The largest absolute Gasteiger partial charge is 0.453 e. The molecule has 136 valence electrons. The Bertz CT molecular complexity index is 267. The predicted octanol–water partition coefficient (Wildman–Crippen LogP) is 3.91. The summed E-state index contributed by atoms with van der Waals surface area (Å²) in [7, 11) is 0. The minimum Gasteiger partial charge on any atom is -0.396 e. The van der Waals surface area contributed by atoms with Crippen molar-refractivity contribution in [3.8, 4) is 0 Å². The first-order valence-corrected chi connectivity index (χ1v) is 5.73. The van der Waals surface area contributed by atoms with Crippen molar-refractivity contribution >= 4 is 0 Å². The van der Waals surface area contributed by atoms with Crippen LogP contribution in [0.4, 0.5) is 43.9 Å². The average molecular weight is 356 g/mol. The van der Waals surface area contributed by atoms with Gasteiger partial charge in [-0.05, 0) is 12.8 Å². The molecule has 0 fully saturated rings. The van der Waals surface area contributed by atoms with Gasteiger partial charge in [0.25, 0.3) is 0 Å². The number of rotatable bonds is 6. The van der Waals surface area contributed by atoms with Crippen LogP contribution in [0.3, 0.4) is 0 Å². The molecule has 0 aliphatic carbocycles. The third kappa shape index (κ3) is 8.61. The molecular weight excluding hydrogens is 342 g/mol. The average Bonchev–Trinajstić information content (AvgIpc) is 2.32. The quantitative estimate of drug-likeness (QED) is 0.709. The van der Waals surface area contributed by atoms with E-state index in [0.29, 0.717) is 0 Å². The molecule has 22 heavy (non-hydrogen) atoms. The molecular formula is C10H14F10O2. The second-order valence-electron chi connectivity index (χ2n) is 4.06. The van der Waals surface area contributed by atoms with E-state index in [-0.39, 0.29) is 0 Å². The zero-order valence-corrected chi connectivity index (χ0v) is 10.9. The summed E-state index contributed by atoms with van der Waals surface area (Å²) in [5.74, 6) is -9.34. The Hall–Kier alpha value is -0.780. The number of alkyl halides is 10. The molecule has 0 radical (unpaired) electrons. The lowest BCUT2D eigenvalue weighted by atomic mass is 10.2. The molecule has 0 aliphatic heterocycles. The molecule has 0 amide bonds.